The molecule has 3 heteroatoms. The lowest BCUT2D eigenvalue weighted by atomic mass is 10.3. The molecule has 1 heterocycles. The predicted octanol–water partition coefficient (Wildman–Crippen LogP) is 2.23. The van der Waals surface area contributed by atoms with E-state index in [1.165, 1.54) is 12.8 Å². The van der Waals surface area contributed by atoms with Crippen LogP contribution in [-0.2, 0) is 4.74 Å². The summed E-state index contributed by atoms with van der Waals surface area (Å²) < 4.78 is 7.29. The number of nitrogens with zero attached hydrogens (tertiary/aromatic N) is 2. The highest BCUT2D eigenvalue weighted by Gasteiger charge is 2.24. The van der Waals surface area contributed by atoms with Crippen molar-refractivity contribution in [2.75, 3.05) is 6.61 Å². The van der Waals surface area contributed by atoms with Crippen molar-refractivity contribution in [2.24, 2.45) is 0 Å². The van der Waals surface area contributed by atoms with E-state index in [0.29, 0.717) is 12.6 Å². The molecule has 0 radical (unpaired) electrons. The van der Waals surface area contributed by atoms with Crippen molar-refractivity contribution < 1.29 is 4.74 Å². The number of rotatable bonds is 4. The van der Waals surface area contributed by atoms with Gasteiger partial charge in [-0.15, -0.1) is 0 Å². The quantitative estimate of drug-likeness (QED) is 0.661. The molecule has 0 unspecified atom stereocenters. The first-order valence-electron chi connectivity index (χ1n) is 4.67. The SMILES string of the molecule is C=C(OCC)c1cnn(C2CC2)c1. The highest BCUT2D eigenvalue weighted by molar-refractivity contribution is 5.55. The molecule has 0 bridgehead atoms. The molecule has 0 aliphatic heterocycles. The van der Waals surface area contributed by atoms with Gasteiger partial charge in [0.15, 0.2) is 0 Å². The molecule has 0 saturated heterocycles. The summed E-state index contributed by atoms with van der Waals surface area (Å²) in [7, 11) is 0. The van der Waals surface area contributed by atoms with E-state index in [4.69, 9.17) is 4.74 Å². The Labute approximate surface area is 78.0 Å². The fourth-order valence-electron chi connectivity index (χ4n) is 1.28. The Bertz CT molecular complexity index is 312. The largest absolute Gasteiger partial charge is 0.494 e. The molecule has 1 fully saturated rings. The number of hydrogen-bond acceptors (Lipinski definition) is 2. The average molecular weight is 178 g/mol. The minimum Gasteiger partial charge on any atom is -0.494 e. The average Bonchev–Trinajstić information content (AvgIpc) is 2.84. The second-order valence-corrected chi connectivity index (χ2v) is 3.30. The molecule has 1 aromatic rings. The summed E-state index contributed by atoms with van der Waals surface area (Å²) in [5.74, 6) is 0.717. The summed E-state index contributed by atoms with van der Waals surface area (Å²) in [4.78, 5) is 0. The van der Waals surface area contributed by atoms with Crippen molar-refractivity contribution in [1.82, 2.24) is 9.78 Å². The van der Waals surface area contributed by atoms with Gasteiger partial charge in [-0.1, -0.05) is 6.58 Å². The van der Waals surface area contributed by atoms with Gasteiger partial charge in [0.2, 0.25) is 0 Å². The summed E-state index contributed by atoms with van der Waals surface area (Å²) in [6, 6.07) is 0.628. The molecule has 1 saturated carbocycles. The zero-order chi connectivity index (χ0) is 9.26. The van der Waals surface area contributed by atoms with Crippen molar-refractivity contribution in [2.45, 2.75) is 25.8 Å². The minimum absolute atomic E-state index is 0.628. The van der Waals surface area contributed by atoms with Crippen LogP contribution < -0.4 is 0 Å². The topological polar surface area (TPSA) is 27.1 Å². The zero-order valence-electron chi connectivity index (χ0n) is 7.86. The van der Waals surface area contributed by atoms with Gasteiger partial charge >= 0.3 is 0 Å². The lowest BCUT2D eigenvalue weighted by Crippen LogP contribution is -1.92. The zero-order valence-corrected chi connectivity index (χ0v) is 7.86. The molecule has 0 aromatic carbocycles. The van der Waals surface area contributed by atoms with Crippen LogP contribution in [0.2, 0.25) is 0 Å². The Morgan fingerprint density at radius 3 is 3.15 bits per heavy atom. The van der Waals surface area contributed by atoms with Crippen LogP contribution in [-0.4, -0.2) is 16.4 Å². The third kappa shape index (κ3) is 1.74. The second kappa shape index (κ2) is 3.24. The van der Waals surface area contributed by atoms with Gasteiger partial charge in [-0.3, -0.25) is 4.68 Å². The highest BCUT2D eigenvalue weighted by atomic mass is 16.5. The van der Waals surface area contributed by atoms with Crippen LogP contribution in [0.4, 0.5) is 0 Å². The maximum Gasteiger partial charge on any atom is 0.122 e. The number of ether oxygens (including phenoxy) is 1. The van der Waals surface area contributed by atoms with Gasteiger partial charge in [0, 0.05) is 6.20 Å². The van der Waals surface area contributed by atoms with Crippen LogP contribution in [0.15, 0.2) is 19.0 Å². The molecule has 0 amide bonds. The summed E-state index contributed by atoms with van der Waals surface area (Å²) in [5, 5.41) is 4.26. The molecule has 1 aromatic heterocycles. The molecule has 0 N–H and O–H groups in total. The Morgan fingerprint density at radius 2 is 2.54 bits per heavy atom. The van der Waals surface area contributed by atoms with Crippen molar-refractivity contribution >= 4 is 5.76 Å². The van der Waals surface area contributed by atoms with Crippen LogP contribution in [0.1, 0.15) is 31.4 Å². The molecule has 2 rings (SSSR count). The van der Waals surface area contributed by atoms with E-state index in [-0.39, 0.29) is 0 Å². The molecular weight excluding hydrogens is 164 g/mol. The van der Waals surface area contributed by atoms with Gasteiger partial charge in [0.25, 0.3) is 0 Å². The Morgan fingerprint density at radius 1 is 1.77 bits per heavy atom. The summed E-state index contributed by atoms with van der Waals surface area (Å²) >= 11 is 0. The van der Waals surface area contributed by atoms with Crippen LogP contribution in [0, 0.1) is 0 Å². The van der Waals surface area contributed by atoms with E-state index >= 15 is 0 Å². The summed E-state index contributed by atoms with van der Waals surface area (Å²) in [6.45, 7) is 6.45. The fourth-order valence-corrected chi connectivity index (χ4v) is 1.28. The predicted molar refractivity (Wildman–Crippen MR) is 51.2 cm³/mol. The molecular formula is C10H14N2O. The van der Waals surface area contributed by atoms with Crippen LogP contribution >= 0.6 is 0 Å². The van der Waals surface area contributed by atoms with Crippen LogP contribution in [0.25, 0.3) is 5.76 Å². The molecule has 1 aliphatic rings. The van der Waals surface area contributed by atoms with Crippen molar-refractivity contribution in [1.29, 1.82) is 0 Å². The van der Waals surface area contributed by atoms with E-state index in [1.54, 1.807) is 0 Å². The van der Waals surface area contributed by atoms with E-state index in [2.05, 4.69) is 11.7 Å². The molecule has 3 nitrogen and oxygen atoms in total. The molecule has 0 spiro atoms. The van der Waals surface area contributed by atoms with E-state index < -0.39 is 0 Å². The molecule has 1 aliphatic carbocycles. The van der Waals surface area contributed by atoms with Crippen molar-refractivity contribution in [3.05, 3.63) is 24.5 Å². The van der Waals surface area contributed by atoms with Crippen LogP contribution in [0.3, 0.4) is 0 Å². The van der Waals surface area contributed by atoms with Gasteiger partial charge in [-0.25, -0.2) is 0 Å². The Balaban J connectivity index is 2.07. The Hall–Kier alpha value is -1.25. The van der Waals surface area contributed by atoms with Gasteiger partial charge in [-0.05, 0) is 19.8 Å². The van der Waals surface area contributed by atoms with Crippen molar-refractivity contribution in [3.8, 4) is 0 Å². The van der Waals surface area contributed by atoms with Crippen LogP contribution in [0.5, 0.6) is 0 Å². The summed E-state index contributed by atoms with van der Waals surface area (Å²) in [6.07, 6.45) is 6.33. The molecule has 0 atom stereocenters. The third-order valence-corrected chi connectivity index (χ3v) is 2.16. The lowest BCUT2D eigenvalue weighted by molar-refractivity contribution is 0.299. The first-order valence-corrected chi connectivity index (χ1v) is 4.67. The van der Waals surface area contributed by atoms with Gasteiger partial charge < -0.3 is 4.74 Å². The number of hydrogen-bond donors (Lipinski definition) is 0. The van der Waals surface area contributed by atoms with E-state index in [1.807, 2.05) is 24.0 Å². The third-order valence-electron chi connectivity index (χ3n) is 2.16. The van der Waals surface area contributed by atoms with Gasteiger partial charge in [0.05, 0.1) is 24.4 Å². The molecule has 13 heavy (non-hydrogen) atoms. The standard InChI is InChI=1S/C10H14N2O/c1-3-13-8(2)9-6-11-12(7-9)10-4-5-10/h6-7,10H,2-5H2,1H3. The van der Waals surface area contributed by atoms with E-state index in [9.17, 15) is 0 Å². The summed E-state index contributed by atoms with van der Waals surface area (Å²) in [5.41, 5.74) is 0.994. The first kappa shape index (κ1) is 8.35. The maximum atomic E-state index is 5.29. The Kier molecular flexibility index (Phi) is 2.08. The normalized spacial score (nSPS) is 15.8. The highest BCUT2D eigenvalue weighted by Crippen LogP contribution is 2.34. The van der Waals surface area contributed by atoms with Gasteiger partial charge in [-0.2, -0.15) is 5.10 Å². The smallest absolute Gasteiger partial charge is 0.122 e. The fraction of sp³-hybridized carbons (Fsp3) is 0.500. The lowest BCUT2D eigenvalue weighted by Gasteiger charge is -2.02. The minimum atomic E-state index is 0.628. The van der Waals surface area contributed by atoms with E-state index in [0.717, 1.165) is 11.3 Å². The molecule has 70 valence electrons. The monoisotopic (exact) mass is 178 g/mol. The van der Waals surface area contributed by atoms with Crippen molar-refractivity contribution in [3.63, 3.8) is 0 Å². The second-order valence-electron chi connectivity index (χ2n) is 3.30. The number of aromatic nitrogens is 2. The maximum absolute atomic E-state index is 5.29. The first-order chi connectivity index (χ1) is 6.31. The van der Waals surface area contributed by atoms with Gasteiger partial charge in [0.1, 0.15) is 5.76 Å².